The van der Waals surface area contributed by atoms with Gasteiger partial charge in [0.1, 0.15) is 11.6 Å². The van der Waals surface area contributed by atoms with E-state index in [9.17, 15) is 9.59 Å². The predicted octanol–water partition coefficient (Wildman–Crippen LogP) is 3.79. The SMILES string of the molecule is C=CCn1c(CCNC(=O)c2ccc(OC)cc2)nnc1SCC(=O)Nc1cc(C)ccc1C. The van der Waals surface area contributed by atoms with Crippen LogP contribution in [0.4, 0.5) is 5.69 Å². The smallest absolute Gasteiger partial charge is 0.251 e. The van der Waals surface area contributed by atoms with Gasteiger partial charge in [-0.25, -0.2) is 0 Å². The minimum Gasteiger partial charge on any atom is -0.497 e. The number of benzene rings is 2. The van der Waals surface area contributed by atoms with Crippen LogP contribution in [-0.2, 0) is 17.8 Å². The number of hydrogen-bond donors (Lipinski definition) is 2. The van der Waals surface area contributed by atoms with Crippen LogP contribution in [0.3, 0.4) is 0 Å². The molecule has 0 aliphatic carbocycles. The van der Waals surface area contributed by atoms with Crippen molar-refractivity contribution in [1.82, 2.24) is 20.1 Å². The molecule has 1 heterocycles. The van der Waals surface area contributed by atoms with Gasteiger partial charge in [-0.2, -0.15) is 0 Å². The van der Waals surface area contributed by atoms with Crippen LogP contribution in [0, 0.1) is 13.8 Å². The molecule has 0 saturated carbocycles. The maximum absolute atomic E-state index is 12.5. The van der Waals surface area contributed by atoms with Crippen molar-refractivity contribution in [3.05, 3.63) is 77.6 Å². The van der Waals surface area contributed by atoms with Crippen molar-refractivity contribution in [3.63, 3.8) is 0 Å². The highest BCUT2D eigenvalue weighted by Gasteiger charge is 2.15. The number of rotatable bonds is 11. The average Bonchev–Trinajstić information content (AvgIpc) is 3.21. The Kier molecular flexibility index (Phi) is 8.86. The first-order chi connectivity index (χ1) is 16.4. The van der Waals surface area contributed by atoms with E-state index in [-0.39, 0.29) is 17.6 Å². The van der Waals surface area contributed by atoms with Crippen LogP contribution in [0.5, 0.6) is 5.75 Å². The summed E-state index contributed by atoms with van der Waals surface area (Å²) >= 11 is 1.32. The summed E-state index contributed by atoms with van der Waals surface area (Å²) in [4.78, 5) is 24.8. The van der Waals surface area contributed by atoms with E-state index in [4.69, 9.17) is 4.74 Å². The number of nitrogens with zero attached hydrogens (tertiary/aromatic N) is 3. The van der Waals surface area contributed by atoms with Gasteiger partial charge in [0.15, 0.2) is 5.16 Å². The van der Waals surface area contributed by atoms with E-state index in [2.05, 4.69) is 27.4 Å². The van der Waals surface area contributed by atoms with Crippen molar-refractivity contribution in [2.24, 2.45) is 0 Å². The van der Waals surface area contributed by atoms with E-state index in [1.165, 1.54) is 11.8 Å². The topological polar surface area (TPSA) is 98.1 Å². The normalized spacial score (nSPS) is 10.6. The third kappa shape index (κ3) is 6.71. The fourth-order valence-corrected chi connectivity index (χ4v) is 4.01. The lowest BCUT2D eigenvalue weighted by atomic mass is 10.1. The molecule has 2 N–H and O–H groups in total. The lowest BCUT2D eigenvalue weighted by molar-refractivity contribution is -0.113. The third-order valence-corrected chi connectivity index (χ3v) is 6.06. The van der Waals surface area contributed by atoms with E-state index < -0.39 is 0 Å². The second-order valence-electron chi connectivity index (χ2n) is 7.69. The number of methoxy groups -OCH3 is 1. The molecule has 0 radical (unpaired) electrons. The second kappa shape index (κ2) is 12.0. The molecule has 3 aromatic rings. The van der Waals surface area contributed by atoms with E-state index in [0.717, 1.165) is 16.8 Å². The molecule has 0 spiro atoms. The summed E-state index contributed by atoms with van der Waals surface area (Å²) in [5.74, 6) is 1.33. The Labute approximate surface area is 203 Å². The molecule has 9 heteroatoms. The summed E-state index contributed by atoms with van der Waals surface area (Å²) in [6.07, 6.45) is 2.25. The van der Waals surface area contributed by atoms with Crippen LogP contribution >= 0.6 is 11.8 Å². The molecule has 0 unspecified atom stereocenters. The third-order valence-electron chi connectivity index (χ3n) is 5.09. The van der Waals surface area contributed by atoms with E-state index in [1.807, 2.05) is 36.6 Å². The molecule has 0 atom stereocenters. The molecule has 0 aliphatic rings. The van der Waals surface area contributed by atoms with E-state index >= 15 is 0 Å². The number of carbonyl (C=O) groups is 2. The molecular weight excluding hydrogens is 450 g/mol. The molecular formula is C25H29N5O3S. The fraction of sp³-hybridized carbons (Fsp3) is 0.280. The number of ether oxygens (including phenoxy) is 1. The van der Waals surface area contributed by atoms with Gasteiger partial charge in [0.2, 0.25) is 5.91 Å². The molecule has 2 aromatic carbocycles. The monoisotopic (exact) mass is 479 g/mol. The Bertz CT molecular complexity index is 1160. The average molecular weight is 480 g/mol. The van der Waals surface area contributed by atoms with Gasteiger partial charge in [0.05, 0.1) is 12.9 Å². The zero-order valence-corrected chi connectivity index (χ0v) is 20.4. The zero-order chi connectivity index (χ0) is 24.5. The maximum atomic E-state index is 12.5. The second-order valence-corrected chi connectivity index (χ2v) is 8.63. The van der Waals surface area contributed by atoms with Gasteiger partial charge in [0, 0.05) is 30.8 Å². The summed E-state index contributed by atoms with van der Waals surface area (Å²) in [5.41, 5.74) is 3.46. The number of carbonyl (C=O) groups excluding carboxylic acids is 2. The highest BCUT2D eigenvalue weighted by Crippen LogP contribution is 2.20. The Hall–Kier alpha value is -3.59. The van der Waals surface area contributed by atoms with Gasteiger partial charge in [-0.1, -0.05) is 30.0 Å². The first kappa shape index (κ1) is 25.0. The van der Waals surface area contributed by atoms with Crippen LogP contribution < -0.4 is 15.4 Å². The highest BCUT2D eigenvalue weighted by molar-refractivity contribution is 7.99. The summed E-state index contributed by atoms with van der Waals surface area (Å²) in [7, 11) is 1.58. The number of thioether (sulfide) groups is 1. The molecule has 0 fully saturated rings. The van der Waals surface area contributed by atoms with E-state index in [1.54, 1.807) is 37.5 Å². The Morgan fingerprint density at radius 1 is 1.15 bits per heavy atom. The number of anilines is 1. The van der Waals surface area contributed by atoms with Crippen LogP contribution in [0.2, 0.25) is 0 Å². The largest absolute Gasteiger partial charge is 0.497 e. The molecule has 0 saturated heterocycles. The summed E-state index contributed by atoms with van der Waals surface area (Å²) in [6, 6.07) is 12.9. The molecule has 3 rings (SSSR count). The molecule has 178 valence electrons. The number of hydrogen-bond acceptors (Lipinski definition) is 6. The quantitative estimate of drug-likeness (QED) is 0.321. The van der Waals surface area contributed by atoms with Gasteiger partial charge < -0.3 is 19.9 Å². The van der Waals surface area contributed by atoms with Gasteiger partial charge >= 0.3 is 0 Å². The van der Waals surface area contributed by atoms with Crippen molar-refractivity contribution in [1.29, 1.82) is 0 Å². The van der Waals surface area contributed by atoms with Crippen molar-refractivity contribution >= 4 is 29.3 Å². The summed E-state index contributed by atoms with van der Waals surface area (Å²) in [5, 5.41) is 15.0. The van der Waals surface area contributed by atoms with Gasteiger partial charge in [-0.15, -0.1) is 16.8 Å². The van der Waals surface area contributed by atoms with Crippen LogP contribution in [0.25, 0.3) is 0 Å². The first-order valence-corrected chi connectivity index (χ1v) is 11.8. The Morgan fingerprint density at radius 3 is 2.62 bits per heavy atom. The maximum Gasteiger partial charge on any atom is 0.251 e. The number of allylic oxidation sites excluding steroid dienone is 1. The predicted molar refractivity (Wildman–Crippen MR) is 135 cm³/mol. The van der Waals surface area contributed by atoms with Gasteiger partial charge in [-0.3, -0.25) is 9.59 Å². The van der Waals surface area contributed by atoms with E-state index in [0.29, 0.717) is 41.8 Å². The number of nitrogens with one attached hydrogen (secondary N) is 2. The van der Waals surface area contributed by atoms with Gasteiger partial charge in [-0.05, 0) is 55.3 Å². The Balaban J connectivity index is 1.55. The molecule has 8 nitrogen and oxygen atoms in total. The molecule has 0 aliphatic heterocycles. The van der Waals surface area contributed by atoms with Gasteiger partial charge in [0.25, 0.3) is 5.91 Å². The van der Waals surface area contributed by atoms with Crippen LogP contribution in [0.15, 0.2) is 60.3 Å². The molecule has 2 amide bonds. The minimum atomic E-state index is -0.171. The fourth-order valence-electron chi connectivity index (χ4n) is 3.24. The zero-order valence-electron chi connectivity index (χ0n) is 19.6. The number of aromatic nitrogens is 3. The van der Waals surface area contributed by atoms with Crippen LogP contribution in [-0.4, -0.2) is 46.0 Å². The van der Waals surface area contributed by atoms with Crippen molar-refractivity contribution < 1.29 is 14.3 Å². The lowest BCUT2D eigenvalue weighted by Gasteiger charge is -2.10. The molecule has 34 heavy (non-hydrogen) atoms. The Morgan fingerprint density at radius 2 is 1.91 bits per heavy atom. The van der Waals surface area contributed by atoms with Crippen molar-refractivity contribution in [2.45, 2.75) is 32.0 Å². The molecule has 1 aromatic heterocycles. The van der Waals surface area contributed by atoms with Crippen LogP contribution in [0.1, 0.15) is 27.3 Å². The number of aryl methyl sites for hydroxylation is 2. The molecule has 0 bridgehead atoms. The highest BCUT2D eigenvalue weighted by atomic mass is 32.2. The summed E-state index contributed by atoms with van der Waals surface area (Å²) in [6.45, 7) is 8.66. The lowest BCUT2D eigenvalue weighted by Crippen LogP contribution is -2.26. The van der Waals surface area contributed by atoms with Crippen molar-refractivity contribution in [2.75, 3.05) is 24.7 Å². The van der Waals surface area contributed by atoms with Crippen molar-refractivity contribution in [3.8, 4) is 5.75 Å². The summed E-state index contributed by atoms with van der Waals surface area (Å²) < 4.78 is 7.02. The minimum absolute atomic E-state index is 0.111. The standard InChI is InChI=1S/C25H29N5O3S/c1-5-14-30-22(12-13-26-24(32)19-8-10-20(33-4)11-9-19)28-29-25(30)34-16-23(31)27-21-15-17(2)6-7-18(21)3/h5-11,15H,1,12-14,16H2,2-4H3,(H,26,32)(H,27,31). The first-order valence-electron chi connectivity index (χ1n) is 10.9. The number of amides is 2.